The molecule has 0 radical (unpaired) electrons. The van der Waals surface area contributed by atoms with E-state index in [9.17, 15) is 9.59 Å². The second-order valence-corrected chi connectivity index (χ2v) is 12.4. The number of esters is 2. The van der Waals surface area contributed by atoms with Crippen LogP contribution in [-0.4, -0.2) is 46.1 Å². The van der Waals surface area contributed by atoms with Gasteiger partial charge in [0.2, 0.25) is 0 Å². The fourth-order valence-electron chi connectivity index (χ4n) is 7.59. The van der Waals surface area contributed by atoms with Crippen molar-refractivity contribution in [3.63, 3.8) is 0 Å². The number of hydrogen-bond acceptors (Lipinski definition) is 6. The standard InChI is InChI=1S/C38H42N4O4/c1-10-22-19(4)27-15-31-23(11-2)20(5)29(40-31)17-33-26-14-13-25(36(43)45-8)35(37(44)46-9)38(26,7)34(42-33)18-32-24(12-3)21(6)28(41-32)16-30(22)39-27/h14-18,39,41H,10-13H2,1-9H3. The minimum absolute atomic E-state index is 0.226. The van der Waals surface area contributed by atoms with Crippen LogP contribution in [0.5, 0.6) is 0 Å². The first-order valence-corrected chi connectivity index (χ1v) is 16.1. The first-order chi connectivity index (χ1) is 22.0. The molecule has 1 aliphatic carbocycles. The van der Waals surface area contributed by atoms with Gasteiger partial charge in [0.1, 0.15) is 0 Å². The summed E-state index contributed by atoms with van der Waals surface area (Å²) in [6, 6.07) is 8.41. The van der Waals surface area contributed by atoms with E-state index in [0.717, 1.165) is 75.0 Å². The third-order valence-electron chi connectivity index (χ3n) is 10.2. The Morgan fingerprint density at radius 3 is 1.96 bits per heavy atom. The molecule has 8 nitrogen and oxygen atoms in total. The Morgan fingerprint density at radius 1 is 0.761 bits per heavy atom. The molecule has 6 rings (SSSR count). The zero-order valence-corrected chi connectivity index (χ0v) is 28.2. The average Bonchev–Trinajstić information content (AvgIpc) is 3.70. The summed E-state index contributed by atoms with van der Waals surface area (Å²) >= 11 is 0. The van der Waals surface area contributed by atoms with Crippen LogP contribution in [0.3, 0.4) is 0 Å². The molecule has 0 aromatic carbocycles. The molecule has 2 N–H and O–H groups in total. The topological polar surface area (TPSA) is 110 Å². The van der Waals surface area contributed by atoms with Crippen LogP contribution in [0.4, 0.5) is 0 Å². The van der Waals surface area contributed by atoms with Gasteiger partial charge in [-0.15, -0.1) is 0 Å². The molecule has 0 fully saturated rings. The van der Waals surface area contributed by atoms with Gasteiger partial charge < -0.3 is 19.4 Å². The number of nitrogens with zero attached hydrogens (tertiary/aromatic N) is 2. The van der Waals surface area contributed by atoms with Crippen molar-refractivity contribution in [3.8, 4) is 0 Å². The maximum atomic E-state index is 13.6. The van der Waals surface area contributed by atoms with Crippen molar-refractivity contribution in [1.82, 2.24) is 19.9 Å². The summed E-state index contributed by atoms with van der Waals surface area (Å²) < 4.78 is 10.4. The number of fused-ring (bicyclic) bond motifs is 11. The molecule has 3 aliphatic rings. The van der Waals surface area contributed by atoms with Crippen LogP contribution in [0.25, 0.3) is 38.8 Å². The van der Waals surface area contributed by atoms with Crippen molar-refractivity contribution in [3.05, 3.63) is 86.5 Å². The van der Waals surface area contributed by atoms with Crippen molar-refractivity contribution in [1.29, 1.82) is 0 Å². The van der Waals surface area contributed by atoms with Crippen LogP contribution in [-0.2, 0) is 37.3 Å². The lowest BCUT2D eigenvalue weighted by molar-refractivity contribution is -0.139. The Labute approximate surface area is 269 Å². The molecule has 1 unspecified atom stereocenters. The summed E-state index contributed by atoms with van der Waals surface area (Å²) in [5.74, 6) is -1.13. The maximum absolute atomic E-state index is 13.6. The Bertz CT molecular complexity index is 2090. The van der Waals surface area contributed by atoms with Gasteiger partial charge in [-0.25, -0.2) is 14.6 Å². The molecule has 2 aliphatic heterocycles. The second-order valence-electron chi connectivity index (χ2n) is 12.4. The normalized spacial score (nSPS) is 17.6. The van der Waals surface area contributed by atoms with Crippen LogP contribution in [0.1, 0.15) is 92.5 Å². The number of rotatable bonds is 5. The molecule has 46 heavy (non-hydrogen) atoms. The van der Waals surface area contributed by atoms with Crippen LogP contribution >= 0.6 is 0 Å². The van der Waals surface area contributed by atoms with Gasteiger partial charge in [0.05, 0.1) is 53.6 Å². The fraction of sp³-hybridized carbons (Fsp3) is 0.368. The average molecular weight is 619 g/mol. The quantitative estimate of drug-likeness (QED) is 0.283. The van der Waals surface area contributed by atoms with Gasteiger partial charge in [0, 0.05) is 22.1 Å². The highest BCUT2D eigenvalue weighted by atomic mass is 16.5. The van der Waals surface area contributed by atoms with Gasteiger partial charge >= 0.3 is 11.9 Å². The largest absolute Gasteiger partial charge is 0.466 e. The highest BCUT2D eigenvalue weighted by molar-refractivity contribution is 6.07. The minimum atomic E-state index is -1.06. The van der Waals surface area contributed by atoms with Gasteiger partial charge in [-0.05, 0) is 117 Å². The number of carbonyl (C=O) groups excluding carboxylic acids is 2. The van der Waals surface area contributed by atoms with Crippen LogP contribution in [0.2, 0.25) is 0 Å². The molecule has 3 aromatic heterocycles. The van der Waals surface area contributed by atoms with E-state index in [1.807, 2.05) is 25.1 Å². The molecule has 5 heterocycles. The van der Waals surface area contributed by atoms with E-state index in [-0.39, 0.29) is 17.6 Å². The molecular formula is C38H42N4O4. The minimum Gasteiger partial charge on any atom is -0.466 e. The molecular weight excluding hydrogens is 576 g/mol. The van der Waals surface area contributed by atoms with E-state index in [2.05, 4.69) is 63.6 Å². The molecule has 0 saturated carbocycles. The lowest BCUT2D eigenvalue weighted by Crippen LogP contribution is -2.34. The first-order valence-electron chi connectivity index (χ1n) is 16.1. The third kappa shape index (κ3) is 4.57. The molecule has 0 spiro atoms. The number of carbonyl (C=O) groups is 2. The van der Waals surface area contributed by atoms with Crippen LogP contribution in [0, 0.1) is 13.8 Å². The van der Waals surface area contributed by atoms with Crippen molar-refractivity contribution >= 4 is 50.7 Å². The predicted molar refractivity (Wildman–Crippen MR) is 183 cm³/mol. The number of hydrogen-bond donors (Lipinski definition) is 2. The molecule has 0 amide bonds. The summed E-state index contributed by atoms with van der Waals surface area (Å²) in [7, 11) is 2.67. The number of aryl methyl sites for hydroxylation is 4. The molecule has 8 heteroatoms. The van der Waals surface area contributed by atoms with Crippen LogP contribution < -0.4 is 0 Å². The molecule has 1 atom stereocenters. The van der Waals surface area contributed by atoms with Crippen molar-refractivity contribution in [2.45, 2.75) is 79.6 Å². The van der Waals surface area contributed by atoms with E-state index in [4.69, 9.17) is 19.4 Å². The Morgan fingerprint density at radius 2 is 1.37 bits per heavy atom. The predicted octanol–water partition coefficient (Wildman–Crippen LogP) is 7.78. The van der Waals surface area contributed by atoms with Crippen molar-refractivity contribution in [2.75, 3.05) is 14.2 Å². The summed E-state index contributed by atoms with van der Waals surface area (Å²) in [5.41, 5.74) is 14.6. The number of aromatic nitrogens is 4. The summed E-state index contributed by atoms with van der Waals surface area (Å²) in [6.07, 6.45) is 4.74. The zero-order chi connectivity index (χ0) is 33.1. The first kappa shape index (κ1) is 31.3. The monoisotopic (exact) mass is 618 g/mol. The number of aromatic amines is 2. The second kappa shape index (κ2) is 11.6. The lowest BCUT2D eigenvalue weighted by Gasteiger charge is -2.32. The number of methoxy groups -OCH3 is 2. The van der Waals surface area contributed by atoms with Gasteiger partial charge in [0.25, 0.3) is 0 Å². The van der Waals surface area contributed by atoms with Gasteiger partial charge in [0.15, 0.2) is 0 Å². The summed E-state index contributed by atoms with van der Waals surface area (Å²) in [5, 5.41) is 0. The van der Waals surface area contributed by atoms with Gasteiger partial charge in [-0.2, -0.15) is 0 Å². The Hall–Kier alpha value is -4.72. The smallest absolute Gasteiger partial charge is 0.335 e. The third-order valence-corrected chi connectivity index (χ3v) is 10.2. The number of nitrogens with one attached hydrogen (secondary N) is 2. The molecule has 3 aromatic rings. The number of H-pyrrole nitrogens is 2. The Kier molecular flexibility index (Phi) is 7.87. The fourth-order valence-corrected chi connectivity index (χ4v) is 7.59. The summed E-state index contributed by atoms with van der Waals surface area (Å²) in [4.78, 5) is 44.4. The van der Waals surface area contributed by atoms with E-state index in [1.165, 1.54) is 30.9 Å². The molecule has 0 saturated heterocycles. The summed E-state index contributed by atoms with van der Waals surface area (Å²) in [6.45, 7) is 14.8. The van der Waals surface area contributed by atoms with Crippen LogP contribution in [0.15, 0.2) is 41.5 Å². The number of ether oxygens (including phenoxy) is 2. The van der Waals surface area contributed by atoms with E-state index in [1.54, 1.807) is 0 Å². The maximum Gasteiger partial charge on any atom is 0.335 e. The SMILES string of the molecule is CCC1=C(C)c2cc3nc(cc4[nH]c(cc5[nH]c(cc1n2)c(C)c5CC)c(C)c4CC)C1(C)C3=CCC(C(=O)OC)=C1C(=O)OC. The Balaban J connectivity index is 1.81. The molecule has 238 valence electrons. The highest BCUT2D eigenvalue weighted by Crippen LogP contribution is 2.52. The zero-order valence-electron chi connectivity index (χ0n) is 28.2. The molecule has 8 bridgehead atoms. The van der Waals surface area contributed by atoms with Crippen molar-refractivity contribution < 1.29 is 19.1 Å². The van der Waals surface area contributed by atoms with E-state index in [0.29, 0.717) is 11.4 Å². The van der Waals surface area contributed by atoms with E-state index >= 15 is 0 Å². The number of allylic oxidation sites excluding steroid dienone is 4. The van der Waals surface area contributed by atoms with Gasteiger partial charge in [-0.3, -0.25) is 4.98 Å². The van der Waals surface area contributed by atoms with E-state index < -0.39 is 17.4 Å². The highest BCUT2D eigenvalue weighted by Gasteiger charge is 2.49. The van der Waals surface area contributed by atoms with Gasteiger partial charge in [-0.1, -0.05) is 26.8 Å². The van der Waals surface area contributed by atoms with Crippen molar-refractivity contribution in [2.24, 2.45) is 0 Å². The lowest BCUT2D eigenvalue weighted by atomic mass is 9.68.